The highest BCUT2D eigenvalue weighted by Gasteiger charge is 2.24. The molecular formula is C19H16Cl2N2O2S. The molecule has 2 aromatic carbocycles. The van der Waals surface area contributed by atoms with Crippen LogP contribution in [0.15, 0.2) is 46.3 Å². The molecule has 1 amide bonds. The monoisotopic (exact) mass is 406 g/mol. The van der Waals surface area contributed by atoms with E-state index in [1.807, 2.05) is 38.1 Å². The first-order valence-corrected chi connectivity index (χ1v) is 9.52. The van der Waals surface area contributed by atoms with Crippen molar-refractivity contribution in [1.82, 2.24) is 5.32 Å². The van der Waals surface area contributed by atoms with Crippen molar-refractivity contribution in [2.45, 2.75) is 13.8 Å². The molecule has 3 rings (SSSR count). The second kappa shape index (κ2) is 8.16. The van der Waals surface area contributed by atoms with E-state index in [0.29, 0.717) is 32.5 Å². The molecule has 7 heteroatoms. The molecule has 0 aromatic heterocycles. The summed E-state index contributed by atoms with van der Waals surface area (Å²) in [4.78, 5) is 17.3. The molecule has 0 radical (unpaired) electrons. The van der Waals surface area contributed by atoms with Crippen molar-refractivity contribution >= 4 is 57.8 Å². The lowest BCUT2D eigenvalue weighted by Gasteiger charge is -2.05. The second-order valence-electron chi connectivity index (χ2n) is 5.49. The Hall–Kier alpha value is -1.95. The van der Waals surface area contributed by atoms with E-state index >= 15 is 0 Å². The molecule has 0 saturated carbocycles. The van der Waals surface area contributed by atoms with Gasteiger partial charge in [0, 0.05) is 5.02 Å². The number of carbonyl (C=O) groups is 1. The molecule has 26 heavy (non-hydrogen) atoms. The average molecular weight is 407 g/mol. The van der Waals surface area contributed by atoms with Gasteiger partial charge in [0.2, 0.25) is 0 Å². The fourth-order valence-electron chi connectivity index (χ4n) is 2.34. The summed E-state index contributed by atoms with van der Waals surface area (Å²) in [6.07, 6.45) is 1.77. The number of amidine groups is 1. The minimum Gasteiger partial charge on any atom is -0.492 e. The van der Waals surface area contributed by atoms with Gasteiger partial charge >= 0.3 is 0 Å². The van der Waals surface area contributed by atoms with E-state index in [0.717, 1.165) is 16.8 Å². The van der Waals surface area contributed by atoms with Gasteiger partial charge in [0.15, 0.2) is 5.17 Å². The predicted molar refractivity (Wildman–Crippen MR) is 110 cm³/mol. The molecule has 4 nitrogen and oxygen atoms in total. The minimum absolute atomic E-state index is 0.196. The molecule has 1 N–H and O–H groups in total. The summed E-state index contributed by atoms with van der Waals surface area (Å²) >= 11 is 13.6. The molecule has 0 unspecified atom stereocenters. The maximum atomic E-state index is 12.2. The molecule has 2 aromatic rings. The number of thioether (sulfide) groups is 1. The maximum Gasteiger partial charge on any atom is 0.264 e. The van der Waals surface area contributed by atoms with Crippen LogP contribution in [0.3, 0.4) is 0 Å². The van der Waals surface area contributed by atoms with E-state index in [1.54, 1.807) is 18.2 Å². The van der Waals surface area contributed by atoms with Crippen LogP contribution in [0, 0.1) is 6.92 Å². The van der Waals surface area contributed by atoms with Gasteiger partial charge in [-0.3, -0.25) is 4.79 Å². The standard InChI is InChI=1S/C19H16Cl2N2O2S/c1-3-25-16-8-7-12(9-14(16)21)10-17-18(24)23-19(26-17)22-15-6-4-5-13(20)11(15)2/h4-10H,3H2,1-2H3,(H,22,23,24)/b17-10-. The van der Waals surface area contributed by atoms with E-state index < -0.39 is 0 Å². The molecule has 1 aliphatic rings. The number of halogens is 2. The number of ether oxygens (including phenoxy) is 1. The third-order valence-electron chi connectivity index (χ3n) is 3.67. The van der Waals surface area contributed by atoms with Crippen molar-refractivity contribution in [3.63, 3.8) is 0 Å². The molecular weight excluding hydrogens is 391 g/mol. The molecule has 0 aliphatic carbocycles. The van der Waals surface area contributed by atoms with Crippen LogP contribution in [-0.2, 0) is 4.79 Å². The second-order valence-corrected chi connectivity index (χ2v) is 7.33. The summed E-state index contributed by atoms with van der Waals surface area (Å²) in [5, 5.41) is 4.44. The van der Waals surface area contributed by atoms with Crippen LogP contribution < -0.4 is 10.1 Å². The van der Waals surface area contributed by atoms with Crippen molar-refractivity contribution in [2.75, 3.05) is 6.61 Å². The van der Waals surface area contributed by atoms with Gasteiger partial charge in [-0.2, -0.15) is 0 Å². The summed E-state index contributed by atoms with van der Waals surface area (Å²) in [6, 6.07) is 10.9. The van der Waals surface area contributed by atoms with E-state index in [2.05, 4.69) is 10.3 Å². The Labute approximate surface area is 166 Å². The Morgan fingerprint density at radius 2 is 2.04 bits per heavy atom. The van der Waals surface area contributed by atoms with Crippen molar-refractivity contribution < 1.29 is 9.53 Å². The summed E-state index contributed by atoms with van der Waals surface area (Å²) in [5.74, 6) is 0.428. The largest absolute Gasteiger partial charge is 0.492 e. The summed E-state index contributed by atoms with van der Waals surface area (Å²) in [7, 11) is 0. The number of hydrogen-bond acceptors (Lipinski definition) is 4. The lowest BCUT2D eigenvalue weighted by molar-refractivity contribution is -0.115. The Morgan fingerprint density at radius 3 is 2.77 bits per heavy atom. The van der Waals surface area contributed by atoms with Gasteiger partial charge in [-0.05, 0) is 67.1 Å². The van der Waals surface area contributed by atoms with Crippen LogP contribution in [0.2, 0.25) is 10.0 Å². The third-order valence-corrected chi connectivity index (χ3v) is 5.28. The molecule has 0 atom stereocenters. The third kappa shape index (κ3) is 4.23. The first-order valence-electron chi connectivity index (χ1n) is 7.95. The van der Waals surface area contributed by atoms with Gasteiger partial charge < -0.3 is 10.1 Å². The Balaban J connectivity index is 1.83. The van der Waals surface area contributed by atoms with Crippen LogP contribution in [0.1, 0.15) is 18.1 Å². The van der Waals surface area contributed by atoms with Gasteiger partial charge in [0.25, 0.3) is 5.91 Å². The van der Waals surface area contributed by atoms with E-state index in [4.69, 9.17) is 27.9 Å². The number of benzene rings is 2. The maximum absolute atomic E-state index is 12.2. The zero-order valence-electron chi connectivity index (χ0n) is 14.2. The number of amides is 1. The highest BCUT2D eigenvalue weighted by atomic mass is 35.5. The van der Waals surface area contributed by atoms with E-state index in [9.17, 15) is 4.79 Å². The number of aliphatic imine (C=N–C) groups is 1. The van der Waals surface area contributed by atoms with Crippen LogP contribution in [0.4, 0.5) is 5.69 Å². The first-order chi connectivity index (χ1) is 12.5. The number of carbonyl (C=O) groups excluding carboxylic acids is 1. The number of nitrogens with zero attached hydrogens (tertiary/aromatic N) is 1. The molecule has 134 valence electrons. The smallest absolute Gasteiger partial charge is 0.264 e. The van der Waals surface area contributed by atoms with Gasteiger partial charge in [-0.15, -0.1) is 0 Å². The molecule has 0 bridgehead atoms. The molecule has 1 aliphatic heterocycles. The van der Waals surface area contributed by atoms with Crippen LogP contribution in [0.5, 0.6) is 5.75 Å². The van der Waals surface area contributed by atoms with Gasteiger partial charge in [-0.1, -0.05) is 35.3 Å². The lowest BCUT2D eigenvalue weighted by atomic mass is 10.2. The first kappa shape index (κ1) is 18.8. The molecule has 1 fully saturated rings. The molecule has 1 heterocycles. The van der Waals surface area contributed by atoms with Crippen LogP contribution >= 0.6 is 35.0 Å². The SMILES string of the molecule is CCOc1ccc(/C=C2\SC(=Nc3cccc(Cl)c3C)NC2=O)cc1Cl. The highest BCUT2D eigenvalue weighted by Crippen LogP contribution is 2.32. The van der Waals surface area contributed by atoms with Gasteiger partial charge in [0.05, 0.1) is 22.2 Å². The zero-order chi connectivity index (χ0) is 18.7. The summed E-state index contributed by atoms with van der Waals surface area (Å²) in [6.45, 7) is 4.33. The average Bonchev–Trinajstić information content (AvgIpc) is 2.94. The topological polar surface area (TPSA) is 50.7 Å². The Morgan fingerprint density at radius 1 is 1.23 bits per heavy atom. The van der Waals surface area contributed by atoms with Crippen LogP contribution in [0.25, 0.3) is 6.08 Å². The number of hydrogen-bond donors (Lipinski definition) is 1. The normalized spacial score (nSPS) is 17.0. The Bertz CT molecular complexity index is 926. The molecule has 1 saturated heterocycles. The molecule has 0 spiro atoms. The quantitative estimate of drug-likeness (QED) is 0.672. The fourth-order valence-corrected chi connectivity index (χ4v) is 3.59. The highest BCUT2D eigenvalue weighted by molar-refractivity contribution is 8.18. The number of rotatable bonds is 4. The van der Waals surface area contributed by atoms with Crippen molar-refractivity contribution in [3.05, 3.63) is 62.5 Å². The van der Waals surface area contributed by atoms with Crippen molar-refractivity contribution in [1.29, 1.82) is 0 Å². The zero-order valence-corrected chi connectivity index (χ0v) is 16.5. The minimum atomic E-state index is -0.196. The lowest BCUT2D eigenvalue weighted by Crippen LogP contribution is -2.19. The predicted octanol–water partition coefficient (Wildman–Crippen LogP) is 5.59. The fraction of sp³-hybridized carbons (Fsp3) is 0.158. The summed E-state index contributed by atoms with van der Waals surface area (Å²) in [5.41, 5.74) is 2.41. The van der Waals surface area contributed by atoms with Gasteiger partial charge in [0.1, 0.15) is 5.75 Å². The van der Waals surface area contributed by atoms with Crippen LogP contribution in [-0.4, -0.2) is 17.7 Å². The van der Waals surface area contributed by atoms with Crippen molar-refractivity contribution in [3.8, 4) is 5.75 Å². The summed E-state index contributed by atoms with van der Waals surface area (Å²) < 4.78 is 5.42. The van der Waals surface area contributed by atoms with Crippen molar-refractivity contribution in [2.24, 2.45) is 4.99 Å². The van der Waals surface area contributed by atoms with Gasteiger partial charge in [-0.25, -0.2) is 4.99 Å². The number of nitrogens with one attached hydrogen (secondary N) is 1. The Kier molecular flexibility index (Phi) is 5.91. The van der Waals surface area contributed by atoms with E-state index in [-0.39, 0.29) is 5.91 Å². The van der Waals surface area contributed by atoms with E-state index in [1.165, 1.54) is 11.8 Å².